The van der Waals surface area contributed by atoms with Gasteiger partial charge in [0.1, 0.15) is 0 Å². The molecule has 0 unspecified atom stereocenters. The molecule has 0 radical (unpaired) electrons. The molecule has 2 rings (SSSR count). The van der Waals surface area contributed by atoms with Gasteiger partial charge >= 0.3 is 0 Å². The molecule has 4 heteroatoms. The van der Waals surface area contributed by atoms with Gasteiger partial charge in [0.25, 0.3) is 0 Å². The number of likely N-dealkylation sites (N-methyl/N-ethyl adjacent to an activating group) is 1. The maximum absolute atomic E-state index is 5.13. The van der Waals surface area contributed by atoms with Gasteiger partial charge in [0.15, 0.2) is 4.77 Å². The number of aromatic nitrogens is 2. The van der Waals surface area contributed by atoms with Crippen molar-refractivity contribution in [2.45, 2.75) is 13.0 Å². The van der Waals surface area contributed by atoms with E-state index in [0.717, 1.165) is 24.4 Å². The van der Waals surface area contributed by atoms with Gasteiger partial charge in [0, 0.05) is 25.5 Å². The second-order valence-electron chi connectivity index (χ2n) is 3.18. The van der Waals surface area contributed by atoms with Crippen LogP contribution in [0.15, 0.2) is 12.4 Å². The lowest BCUT2D eigenvalue weighted by Gasteiger charge is -2.39. The lowest BCUT2D eigenvalue weighted by atomic mass is 10.1. The number of H-pyrrole nitrogens is 1. The average molecular weight is 183 g/mol. The normalized spacial score (nSPS) is 19.4. The Balaban J connectivity index is 2.06. The molecule has 0 amide bonds. The van der Waals surface area contributed by atoms with Crippen molar-refractivity contribution in [2.24, 2.45) is 0 Å². The van der Waals surface area contributed by atoms with Crippen molar-refractivity contribution < 1.29 is 0 Å². The molecule has 1 aromatic rings. The maximum atomic E-state index is 5.13. The molecule has 1 saturated heterocycles. The predicted molar refractivity (Wildman–Crippen MR) is 50.8 cm³/mol. The summed E-state index contributed by atoms with van der Waals surface area (Å²) in [5.74, 6) is 0. The third kappa shape index (κ3) is 1.21. The Morgan fingerprint density at radius 1 is 1.67 bits per heavy atom. The number of nitrogens with one attached hydrogen (secondary N) is 1. The molecule has 1 aliphatic rings. The van der Waals surface area contributed by atoms with Gasteiger partial charge in [0.2, 0.25) is 0 Å². The summed E-state index contributed by atoms with van der Waals surface area (Å²) in [7, 11) is 0. The third-order valence-electron chi connectivity index (χ3n) is 2.45. The highest BCUT2D eigenvalue weighted by Gasteiger charge is 2.26. The van der Waals surface area contributed by atoms with Crippen LogP contribution in [0.3, 0.4) is 0 Å². The van der Waals surface area contributed by atoms with Crippen LogP contribution in [0.5, 0.6) is 0 Å². The smallest absolute Gasteiger partial charge is 0.177 e. The second kappa shape index (κ2) is 3.03. The number of hydrogen-bond donors (Lipinski definition) is 1. The highest BCUT2D eigenvalue weighted by Crippen LogP contribution is 2.20. The fourth-order valence-corrected chi connectivity index (χ4v) is 1.87. The molecule has 0 bridgehead atoms. The van der Waals surface area contributed by atoms with E-state index in [1.165, 1.54) is 0 Å². The molecule has 1 aromatic heterocycles. The summed E-state index contributed by atoms with van der Waals surface area (Å²) >= 11 is 5.13. The first-order valence-corrected chi connectivity index (χ1v) is 4.70. The Kier molecular flexibility index (Phi) is 2.02. The van der Waals surface area contributed by atoms with E-state index in [4.69, 9.17) is 12.2 Å². The van der Waals surface area contributed by atoms with Gasteiger partial charge in [-0.3, -0.25) is 4.90 Å². The first-order valence-electron chi connectivity index (χ1n) is 4.29. The molecule has 3 nitrogen and oxygen atoms in total. The van der Waals surface area contributed by atoms with Crippen molar-refractivity contribution in [1.29, 1.82) is 0 Å². The van der Waals surface area contributed by atoms with Gasteiger partial charge in [-0.05, 0) is 18.8 Å². The van der Waals surface area contributed by atoms with Crippen LogP contribution in [0.2, 0.25) is 0 Å². The van der Waals surface area contributed by atoms with Crippen molar-refractivity contribution in [3.05, 3.63) is 17.2 Å². The van der Waals surface area contributed by atoms with Crippen LogP contribution in [0.25, 0.3) is 0 Å². The fourth-order valence-electron chi connectivity index (χ4n) is 1.60. The van der Waals surface area contributed by atoms with Crippen molar-refractivity contribution >= 4 is 12.2 Å². The number of likely N-dealkylation sites (tertiary alicyclic amines) is 1. The molecule has 1 N–H and O–H groups in total. The highest BCUT2D eigenvalue weighted by atomic mass is 32.1. The molecular formula is C8H13N3S. The van der Waals surface area contributed by atoms with E-state index >= 15 is 0 Å². The Morgan fingerprint density at radius 2 is 2.42 bits per heavy atom. The van der Waals surface area contributed by atoms with Crippen LogP contribution >= 0.6 is 12.2 Å². The number of imidazole rings is 1. The van der Waals surface area contributed by atoms with Gasteiger partial charge in [-0.15, -0.1) is 0 Å². The van der Waals surface area contributed by atoms with Crippen LogP contribution in [-0.2, 0) is 0 Å². The average Bonchev–Trinajstić information content (AvgIpc) is 2.35. The van der Waals surface area contributed by atoms with Crippen molar-refractivity contribution in [1.82, 2.24) is 14.5 Å². The number of aromatic amines is 1. The van der Waals surface area contributed by atoms with E-state index in [2.05, 4.69) is 21.4 Å². The predicted octanol–water partition coefficient (Wildman–Crippen LogP) is 1.42. The van der Waals surface area contributed by atoms with Crippen molar-refractivity contribution in [3.8, 4) is 0 Å². The summed E-state index contributed by atoms with van der Waals surface area (Å²) in [6.45, 7) is 5.62. The number of nitrogens with zero attached hydrogens (tertiary/aromatic N) is 2. The summed E-state index contributed by atoms with van der Waals surface area (Å²) in [5, 5.41) is 0. The van der Waals surface area contributed by atoms with Crippen molar-refractivity contribution in [3.63, 3.8) is 0 Å². The fraction of sp³-hybridized carbons (Fsp3) is 0.625. The zero-order valence-corrected chi connectivity index (χ0v) is 7.97. The van der Waals surface area contributed by atoms with Crippen LogP contribution in [0.1, 0.15) is 13.0 Å². The molecule has 66 valence electrons. The second-order valence-corrected chi connectivity index (χ2v) is 3.57. The minimum atomic E-state index is 0.601. The third-order valence-corrected chi connectivity index (χ3v) is 2.78. The topological polar surface area (TPSA) is 24.0 Å². The van der Waals surface area contributed by atoms with E-state index in [1.54, 1.807) is 0 Å². The standard InChI is InChI=1S/C8H13N3S/c1-2-10-5-7(6-10)11-4-3-9-8(11)12/h3-4,7H,2,5-6H2,1H3,(H,9,12). The first kappa shape index (κ1) is 8.01. The lowest BCUT2D eigenvalue weighted by Crippen LogP contribution is -2.47. The maximum Gasteiger partial charge on any atom is 0.177 e. The van der Waals surface area contributed by atoms with Gasteiger partial charge in [-0.1, -0.05) is 6.92 Å². The zero-order chi connectivity index (χ0) is 8.55. The number of hydrogen-bond acceptors (Lipinski definition) is 2. The van der Waals surface area contributed by atoms with Crippen LogP contribution < -0.4 is 0 Å². The van der Waals surface area contributed by atoms with Gasteiger partial charge in [-0.2, -0.15) is 0 Å². The van der Waals surface area contributed by atoms with Gasteiger partial charge < -0.3 is 9.55 Å². The monoisotopic (exact) mass is 183 g/mol. The van der Waals surface area contributed by atoms with Gasteiger partial charge in [0.05, 0.1) is 6.04 Å². The minimum absolute atomic E-state index is 0.601. The summed E-state index contributed by atoms with van der Waals surface area (Å²) in [4.78, 5) is 5.41. The molecule has 1 fully saturated rings. The lowest BCUT2D eigenvalue weighted by molar-refractivity contribution is 0.113. The van der Waals surface area contributed by atoms with E-state index in [0.29, 0.717) is 6.04 Å². The molecular weight excluding hydrogens is 170 g/mol. The van der Waals surface area contributed by atoms with Gasteiger partial charge in [-0.25, -0.2) is 0 Å². The van der Waals surface area contributed by atoms with Crippen LogP contribution in [-0.4, -0.2) is 34.1 Å². The molecule has 0 aliphatic carbocycles. The molecule has 12 heavy (non-hydrogen) atoms. The highest BCUT2D eigenvalue weighted by molar-refractivity contribution is 7.71. The molecule has 0 atom stereocenters. The zero-order valence-electron chi connectivity index (χ0n) is 7.16. The van der Waals surface area contributed by atoms with E-state index in [1.807, 2.05) is 12.4 Å². The summed E-state index contributed by atoms with van der Waals surface area (Å²) in [5.41, 5.74) is 0. The summed E-state index contributed by atoms with van der Waals surface area (Å²) in [6, 6.07) is 0.601. The van der Waals surface area contributed by atoms with E-state index < -0.39 is 0 Å². The summed E-state index contributed by atoms with van der Waals surface area (Å²) < 4.78 is 2.98. The van der Waals surface area contributed by atoms with E-state index in [-0.39, 0.29) is 0 Å². The Labute approximate surface area is 77.0 Å². The molecule has 0 spiro atoms. The first-order chi connectivity index (χ1) is 5.81. The largest absolute Gasteiger partial charge is 0.337 e. The van der Waals surface area contributed by atoms with Crippen molar-refractivity contribution in [2.75, 3.05) is 19.6 Å². The minimum Gasteiger partial charge on any atom is -0.337 e. The Hall–Kier alpha value is -0.610. The van der Waals surface area contributed by atoms with E-state index in [9.17, 15) is 0 Å². The quantitative estimate of drug-likeness (QED) is 0.701. The van der Waals surface area contributed by atoms with Crippen LogP contribution in [0, 0.1) is 4.77 Å². The Morgan fingerprint density at radius 3 is 2.92 bits per heavy atom. The summed E-state index contributed by atoms with van der Waals surface area (Å²) in [6.07, 6.45) is 3.93. The molecule has 2 heterocycles. The number of rotatable bonds is 2. The SMILES string of the molecule is CCN1CC(n2cc[nH]c2=S)C1. The molecule has 1 aliphatic heterocycles. The van der Waals surface area contributed by atoms with Crippen LogP contribution in [0.4, 0.5) is 0 Å². The molecule has 0 saturated carbocycles. The molecule has 0 aromatic carbocycles. The Bertz CT molecular complexity index is 308.